The second kappa shape index (κ2) is 7.49. The van der Waals surface area contributed by atoms with Crippen LogP contribution in [0.25, 0.3) is 0 Å². The van der Waals surface area contributed by atoms with Crippen molar-refractivity contribution in [1.29, 1.82) is 0 Å². The van der Waals surface area contributed by atoms with Crippen molar-refractivity contribution >= 4 is 34.3 Å². The molecule has 3 heterocycles. The fourth-order valence-electron chi connectivity index (χ4n) is 7.68. The lowest BCUT2D eigenvalue weighted by atomic mass is 9.50. The summed E-state index contributed by atoms with van der Waals surface area (Å²) < 4.78 is 5.66. The Balaban J connectivity index is 1.06. The third-order valence-electron chi connectivity index (χ3n) is 8.72. The summed E-state index contributed by atoms with van der Waals surface area (Å²) in [6.45, 7) is -0.0668. The Hall–Kier alpha value is -3.01. The van der Waals surface area contributed by atoms with Gasteiger partial charge in [-0.25, -0.2) is 4.79 Å². The fraction of sp³-hybridized carbons (Fsp3) is 0.560. The number of urea groups is 1. The van der Waals surface area contributed by atoms with Crippen molar-refractivity contribution in [3.8, 4) is 5.75 Å². The highest BCUT2D eigenvalue weighted by molar-refractivity contribution is 7.15. The van der Waals surface area contributed by atoms with Crippen LogP contribution >= 0.6 is 11.3 Å². The fourth-order valence-corrected chi connectivity index (χ4v) is 8.66. The summed E-state index contributed by atoms with van der Waals surface area (Å²) in [6.07, 6.45) is 7.91. The highest BCUT2D eigenvalue weighted by Gasteiger charge is 2.55. The number of aromatic nitrogens is 2. The molecule has 0 unspecified atom stereocenters. The van der Waals surface area contributed by atoms with Gasteiger partial charge in [0.15, 0.2) is 5.54 Å². The topological polar surface area (TPSA) is 114 Å². The number of ether oxygens (including phenoxy) is 1. The van der Waals surface area contributed by atoms with Crippen LogP contribution in [-0.2, 0) is 20.5 Å². The Morgan fingerprint density at radius 3 is 2.57 bits per heavy atom. The van der Waals surface area contributed by atoms with Crippen LogP contribution in [0.3, 0.4) is 0 Å². The number of imide groups is 1. The lowest BCUT2D eigenvalue weighted by Crippen LogP contribution is -2.48. The smallest absolute Gasteiger partial charge is 0.325 e. The minimum absolute atomic E-state index is 0.114. The molecule has 8 rings (SSSR count). The first kappa shape index (κ1) is 21.3. The average Bonchev–Trinajstić information content (AvgIpc) is 3.38. The number of amides is 4. The molecule has 9 nitrogen and oxygen atoms in total. The molecule has 0 radical (unpaired) electrons. The molecule has 4 aliphatic carbocycles. The van der Waals surface area contributed by atoms with Gasteiger partial charge in [-0.2, -0.15) is 0 Å². The number of rotatable bonds is 4. The number of benzene rings is 1. The number of fused-ring (bicyclic) bond motifs is 2. The Labute approximate surface area is 206 Å². The van der Waals surface area contributed by atoms with Crippen LogP contribution in [0.5, 0.6) is 5.75 Å². The van der Waals surface area contributed by atoms with Gasteiger partial charge < -0.3 is 10.1 Å². The van der Waals surface area contributed by atoms with E-state index >= 15 is 0 Å². The van der Waals surface area contributed by atoms with Gasteiger partial charge in [-0.05, 0) is 62.3 Å². The summed E-state index contributed by atoms with van der Waals surface area (Å²) in [5.41, 5.74) is -0.458. The highest BCUT2D eigenvalue weighted by Crippen LogP contribution is 2.61. The molecule has 2 aromatic rings. The SMILES string of the molecule is O=C(CN1C(=O)N[C@@]2(CCOc3ccccc32)C1=O)Nc1nnc(C23CC4CC(CC(C4)C2)C3)s1. The summed E-state index contributed by atoms with van der Waals surface area (Å²) in [4.78, 5) is 40.0. The molecular weight excluding hydrogens is 466 g/mol. The number of para-hydroxylation sites is 1. The highest BCUT2D eigenvalue weighted by atomic mass is 32.1. The van der Waals surface area contributed by atoms with Crippen LogP contribution in [-0.4, -0.2) is 46.1 Å². The van der Waals surface area contributed by atoms with Crippen LogP contribution < -0.4 is 15.4 Å². The van der Waals surface area contributed by atoms with Crippen LogP contribution in [0.1, 0.15) is 55.5 Å². The number of carbonyl (C=O) groups is 3. The Morgan fingerprint density at radius 1 is 1.11 bits per heavy atom. The molecule has 6 aliphatic rings. The molecule has 182 valence electrons. The summed E-state index contributed by atoms with van der Waals surface area (Å²) in [5, 5.41) is 15.8. The second-order valence-corrected chi connectivity index (χ2v) is 12.0. The first-order chi connectivity index (χ1) is 16.9. The van der Waals surface area contributed by atoms with Crippen LogP contribution in [0.4, 0.5) is 9.93 Å². The minimum atomic E-state index is -1.19. The van der Waals surface area contributed by atoms with E-state index in [9.17, 15) is 14.4 Å². The number of carbonyl (C=O) groups excluding carboxylic acids is 3. The quantitative estimate of drug-likeness (QED) is 0.633. The predicted molar refractivity (Wildman–Crippen MR) is 127 cm³/mol. The van der Waals surface area contributed by atoms with E-state index in [0.29, 0.717) is 29.5 Å². The van der Waals surface area contributed by atoms with Crippen molar-refractivity contribution in [3.05, 3.63) is 34.8 Å². The number of hydrogen-bond acceptors (Lipinski definition) is 7. The summed E-state index contributed by atoms with van der Waals surface area (Å²) in [7, 11) is 0. The molecule has 4 bridgehead atoms. The van der Waals surface area contributed by atoms with Crippen molar-refractivity contribution in [1.82, 2.24) is 20.4 Å². The van der Waals surface area contributed by atoms with E-state index in [1.165, 1.54) is 49.9 Å². The zero-order chi connectivity index (χ0) is 23.8. The maximum Gasteiger partial charge on any atom is 0.325 e. The van der Waals surface area contributed by atoms with E-state index < -0.39 is 23.4 Å². The van der Waals surface area contributed by atoms with Gasteiger partial charge in [-0.15, -0.1) is 10.2 Å². The largest absolute Gasteiger partial charge is 0.493 e. The summed E-state index contributed by atoms with van der Waals surface area (Å²) in [6, 6.07) is 6.62. The van der Waals surface area contributed by atoms with Crippen molar-refractivity contribution < 1.29 is 19.1 Å². The predicted octanol–water partition coefficient (Wildman–Crippen LogP) is 3.17. The molecule has 1 aromatic carbocycles. The zero-order valence-corrected chi connectivity index (χ0v) is 20.1. The third kappa shape index (κ3) is 3.22. The van der Waals surface area contributed by atoms with Gasteiger partial charge in [0.05, 0.1) is 6.61 Å². The van der Waals surface area contributed by atoms with E-state index in [4.69, 9.17) is 4.74 Å². The van der Waals surface area contributed by atoms with Gasteiger partial charge in [0.25, 0.3) is 5.91 Å². The minimum Gasteiger partial charge on any atom is -0.493 e. The van der Waals surface area contributed by atoms with E-state index in [1.807, 2.05) is 6.07 Å². The zero-order valence-electron chi connectivity index (χ0n) is 19.3. The van der Waals surface area contributed by atoms with Crippen molar-refractivity contribution in [2.45, 2.75) is 55.9 Å². The number of anilines is 1. The first-order valence-electron chi connectivity index (χ1n) is 12.4. The molecule has 5 fully saturated rings. The molecule has 1 saturated heterocycles. The third-order valence-corrected chi connectivity index (χ3v) is 9.81. The van der Waals surface area contributed by atoms with E-state index in [1.54, 1.807) is 18.2 Å². The van der Waals surface area contributed by atoms with Crippen LogP contribution in [0, 0.1) is 17.8 Å². The Kier molecular flexibility index (Phi) is 4.56. The maximum atomic E-state index is 13.4. The normalized spacial score (nSPS) is 34.6. The molecule has 35 heavy (non-hydrogen) atoms. The van der Waals surface area contributed by atoms with Gasteiger partial charge in [0.2, 0.25) is 11.0 Å². The number of hydrogen-bond donors (Lipinski definition) is 2. The average molecular weight is 494 g/mol. The molecule has 4 saturated carbocycles. The Bertz CT molecular complexity index is 1210. The van der Waals surface area contributed by atoms with E-state index in [2.05, 4.69) is 20.8 Å². The molecule has 10 heteroatoms. The molecule has 1 atom stereocenters. The van der Waals surface area contributed by atoms with Crippen molar-refractivity contribution in [3.63, 3.8) is 0 Å². The van der Waals surface area contributed by atoms with Gasteiger partial charge in [0, 0.05) is 17.4 Å². The van der Waals surface area contributed by atoms with Gasteiger partial charge in [0.1, 0.15) is 17.3 Å². The molecule has 1 spiro atoms. The number of nitrogens with zero attached hydrogens (tertiary/aromatic N) is 3. The van der Waals surface area contributed by atoms with Gasteiger partial charge >= 0.3 is 6.03 Å². The number of nitrogens with one attached hydrogen (secondary N) is 2. The van der Waals surface area contributed by atoms with Gasteiger partial charge in [-0.3, -0.25) is 19.8 Å². The Morgan fingerprint density at radius 2 is 1.83 bits per heavy atom. The lowest BCUT2D eigenvalue weighted by molar-refractivity contribution is -0.135. The van der Waals surface area contributed by atoms with Crippen LogP contribution in [0.2, 0.25) is 0 Å². The van der Waals surface area contributed by atoms with Crippen molar-refractivity contribution in [2.24, 2.45) is 17.8 Å². The second-order valence-electron chi connectivity index (χ2n) is 11.0. The first-order valence-corrected chi connectivity index (χ1v) is 13.3. The molecule has 2 N–H and O–H groups in total. The standard InChI is InChI=1S/C25H27N5O4S/c31-19(13-30-21(32)25(27-23(30)33)5-6-34-18-4-2-1-3-17(18)25)26-22-29-28-20(35-22)24-10-14-7-15(11-24)9-16(8-14)12-24/h1-4,14-16H,5-13H2,(H,27,33)(H,26,29,31)/t14?,15?,16?,24?,25-/m1/s1. The summed E-state index contributed by atoms with van der Waals surface area (Å²) in [5.74, 6) is 2.07. The van der Waals surface area contributed by atoms with E-state index in [-0.39, 0.29) is 12.0 Å². The maximum absolute atomic E-state index is 13.4. The van der Waals surface area contributed by atoms with Crippen molar-refractivity contribution in [2.75, 3.05) is 18.5 Å². The van der Waals surface area contributed by atoms with Crippen LogP contribution in [0.15, 0.2) is 24.3 Å². The lowest BCUT2D eigenvalue weighted by Gasteiger charge is -2.55. The van der Waals surface area contributed by atoms with Gasteiger partial charge in [-0.1, -0.05) is 29.5 Å². The van der Waals surface area contributed by atoms with E-state index in [0.717, 1.165) is 27.7 Å². The molecule has 4 amide bonds. The molecular formula is C25H27N5O4S. The molecule has 2 aliphatic heterocycles. The monoisotopic (exact) mass is 493 g/mol. The summed E-state index contributed by atoms with van der Waals surface area (Å²) >= 11 is 1.45. The molecule has 1 aromatic heterocycles.